The molecule has 6 heteroatoms. The van der Waals surface area contributed by atoms with Gasteiger partial charge in [-0.15, -0.1) is 0 Å². The summed E-state index contributed by atoms with van der Waals surface area (Å²) in [7, 11) is 0. The molecule has 2 nitrogen and oxygen atoms in total. The number of pyridine rings is 1. The predicted octanol–water partition coefficient (Wildman–Crippen LogP) is 4.63. The molecule has 0 saturated heterocycles. The van der Waals surface area contributed by atoms with Crippen molar-refractivity contribution in [3.63, 3.8) is 0 Å². The summed E-state index contributed by atoms with van der Waals surface area (Å²) in [6.45, 7) is 0.311. The largest absolute Gasteiger partial charge is 0.486 e. The minimum atomic E-state index is -2.41. The standard InChI is InChI=1S/C13H10ClF2NOS/c14-12-11(2-1-7-17-12)18-8-9-3-5-10(6-4-9)19-13(15)16/h1-7,13H,8H2. The quantitative estimate of drug-likeness (QED) is 0.594. The number of hydrogen-bond donors (Lipinski definition) is 0. The molecule has 1 aromatic carbocycles. The molecule has 0 amide bonds. The second-order valence-electron chi connectivity index (χ2n) is 3.60. The summed E-state index contributed by atoms with van der Waals surface area (Å²) in [6.07, 6.45) is 1.57. The Morgan fingerprint density at radius 3 is 2.58 bits per heavy atom. The topological polar surface area (TPSA) is 22.1 Å². The van der Waals surface area contributed by atoms with Crippen LogP contribution in [0.3, 0.4) is 0 Å². The molecule has 2 rings (SSSR count). The van der Waals surface area contributed by atoms with Crippen molar-refractivity contribution in [1.29, 1.82) is 0 Å². The van der Waals surface area contributed by atoms with Crippen molar-refractivity contribution in [1.82, 2.24) is 4.98 Å². The van der Waals surface area contributed by atoms with E-state index in [-0.39, 0.29) is 0 Å². The fraction of sp³-hybridized carbons (Fsp3) is 0.154. The summed E-state index contributed by atoms with van der Waals surface area (Å²) in [4.78, 5) is 4.42. The Morgan fingerprint density at radius 1 is 1.21 bits per heavy atom. The van der Waals surface area contributed by atoms with Gasteiger partial charge in [0, 0.05) is 11.1 Å². The Hall–Kier alpha value is -1.33. The monoisotopic (exact) mass is 301 g/mol. The predicted molar refractivity (Wildman–Crippen MR) is 71.9 cm³/mol. The van der Waals surface area contributed by atoms with Crippen LogP contribution in [-0.2, 0) is 6.61 Å². The van der Waals surface area contributed by atoms with Crippen LogP contribution in [0.25, 0.3) is 0 Å². The summed E-state index contributed by atoms with van der Waals surface area (Å²) in [6, 6.07) is 10.2. The maximum Gasteiger partial charge on any atom is 0.288 e. The molecule has 0 aliphatic heterocycles. The molecule has 2 aromatic rings. The molecule has 0 N–H and O–H groups in total. The molecule has 0 spiro atoms. The minimum absolute atomic E-state index is 0.298. The van der Waals surface area contributed by atoms with Crippen molar-refractivity contribution in [2.45, 2.75) is 17.3 Å². The van der Waals surface area contributed by atoms with Crippen LogP contribution in [0.1, 0.15) is 5.56 Å². The van der Waals surface area contributed by atoms with Gasteiger partial charge in [0.25, 0.3) is 5.76 Å². The third-order valence-electron chi connectivity index (χ3n) is 2.27. The normalized spacial score (nSPS) is 10.7. The van der Waals surface area contributed by atoms with Gasteiger partial charge in [-0.25, -0.2) is 4.98 Å². The first-order chi connectivity index (χ1) is 9.15. The van der Waals surface area contributed by atoms with Gasteiger partial charge < -0.3 is 4.74 Å². The lowest BCUT2D eigenvalue weighted by atomic mass is 10.2. The van der Waals surface area contributed by atoms with Gasteiger partial charge in [-0.05, 0) is 29.8 Å². The second kappa shape index (κ2) is 6.73. The number of thioether (sulfide) groups is 1. The van der Waals surface area contributed by atoms with Gasteiger partial charge in [-0.1, -0.05) is 35.5 Å². The first-order valence-corrected chi connectivity index (χ1v) is 6.68. The van der Waals surface area contributed by atoms with Gasteiger partial charge in [0.05, 0.1) is 0 Å². The fourth-order valence-electron chi connectivity index (χ4n) is 1.41. The van der Waals surface area contributed by atoms with Crippen LogP contribution in [0, 0.1) is 0 Å². The van der Waals surface area contributed by atoms with Crippen molar-refractivity contribution >= 4 is 23.4 Å². The molecule has 0 saturated carbocycles. The van der Waals surface area contributed by atoms with Gasteiger partial charge in [0.15, 0.2) is 10.9 Å². The number of alkyl halides is 2. The summed E-state index contributed by atoms with van der Waals surface area (Å²) < 4.78 is 29.8. The Morgan fingerprint density at radius 2 is 1.95 bits per heavy atom. The molecule has 0 radical (unpaired) electrons. The van der Waals surface area contributed by atoms with E-state index in [2.05, 4.69) is 4.98 Å². The zero-order valence-corrected chi connectivity index (χ0v) is 11.3. The lowest BCUT2D eigenvalue weighted by molar-refractivity contribution is 0.252. The molecule has 1 aromatic heterocycles. The lowest BCUT2D eigenvalue weighted by Crippen LogP contribution is -1.96. The number of ether oxygens (including phenoxy) is 1. The second-order valence-corrected chi connectivity index (χ2v) is 5.02. The highest BCUT2D eigenvalue weighted by Gasteiger charge is 2.05. The average molecular weight is 302 g/mol. The third kappa shape index (κ3) is 4.36. The van der Waals surface area contributed by atoms with Crippen molar-refractivity contribution in [3.8, 4) is 5.75 Å². The van der Waals surface area contributed by atoms with E-state index in [0.717, 1.165) is 5.56 Å². The maximum atomic E-state index is 12.2. The summed E-state index contributed by atoms with van der Waals surface area (Å²) >= 11 is 6.37. The van der Waals surface area contributed by atoms with Crippen molar-refractivity contribution in [2.24, 2.45) is 0 Å². The van der Waals surface area contributed by atoms with Gasteiger partial charge in [0.2, 0.25) is 0 Å². The van der Waals surface area contributed by atoms with E-state index in [1.165, 1.54) is 0 Å². The zero-order chi connectivity index (χ0) is 13.7. The number of benzene rings is 1. The van der Waals surface area contributed by atoms with Crippen LogP contribution in [-0.4, -0.2) is 10.7 Å². The van der Waals surface area contributed by atoms with E-state index >= 15 is 0 Å². The Labute approximate surface area is 118 Å². The Kier molecular flexibility index (Phi) is 4.99. The van der Waals surface area contributed by atoms with Crippen LogP contribution < -0.4 is 4.74 Å². The number of hydrogen-bond acceptors (Lipinski definition) is 3. The summed E-state index contributed by atoms with van der Waals surface area (Å²) in [5.41, 5.74) is 0.874. The van der Waals surface area contributed by atoms with Gasteiger partial charge >= 0.3 is 0 Å². The fourth-order valence-corrected chi connectivity index (χ4v) is 2.08. The highest BCUT2D eigenvalue weighted by atomic mass is 35.5. The van der Waals surface area contributed by atoms with Gasteiger partial charge in [-0.2, -0.15) is 8.78 Å². The maximum absolute atomic E-state index is 12.2. The van der Waals surface area contributed by atoms with E-state index in [1.54, 1.807) is 42.6 Å². The third-order valence-corrected chi connectivity index (χ3v) is 3.27. The molecule has 0 aliphatic rings. The zero-order valence-electron chi connectivity index (χ0n) is 9.72. The molecule has 0 bridgehead atoms. The van der Waals surface area contributed by atoms with E-state index in [1.807, 2.05) is 0 Å². The van der Waals surface area contributed by atoms with Crippen LogP contribution >= 0.6 is 23.4 Å². The van der Waals surface area contributed by atoms with Crippen molar-refractivity contribution < 1.29 is 13.5 Å². The van der Waals surface area contributed by atoms with Crippen LogP contribution in [0.4, 0.5) is 8.78 Å². The molecule has 100 valence electrons. The summed E-state index contributed by atoms with van der Waals surface area (Å²) in [5.74, 6) is -1.91. The Bertz CT molecular complexity index is 536. The van der Waals surface area contributed by atoms with E-state index in [4.69, 9.17) is 16.3 Å². The first kappa shape index (κ1) is 14.1. The van der Waals surface area contributed by atoms with Crippen LogP contribution in [0.15, 0.2) is 47.5 Å². The number of aromatic nitrogens is 1. The number of rotatable bonds is 5. The highest BCUT2D eigenvalue weighted by Crippen LogP contribution is 2.26. The SMILES string of the molecule is FC(F)Sc1ccc(COc2cccnc2Cl)cc1. The van der Waals surface area contributed by atoms with E-state index < -0.39 is 5.76 Å². The van der Waals surface area contributed by atoms with Gasteiger partial charge in [0.1, 0.15) is 6.61 Å². The van der Waals surface area contributed by atoms with Gasteiger partial charge in [-0.3, -0.25) is 0 Å². The molecule has 0 fully saturated rings. The summed E-state index contributed by atoms with van der Waals surface area (Å²) in [5, 5.41) is 0.298. The van der Waals surface area contributed by atoms with Crippen LogP contribution in [0.2, 0.25) is 5.15 Å². The molecule has 0 aliphatic carbocycles. The average Bonchev–Trinajstić information content (AvgIpc) is 2.39. The first-order valence-electron chi connectivity index (χ1n) is 5.42. The molecule has 0 unspecified atom stereocenters. The highest BCUT2D eigenvalue weighted by molar-refractivity contribution is 7.99. The van der Waals surface area contributed by atoms with E-state index in [0.29, 0.717) is 34.2 Å². The number of halogens is 3. The molecule has 1 heterocycles. The lowest BCUT2D eigenvalue weighted by Gasteiger charge is -2.07. The molecular weight excluding hydrogens is 292 g/mol. The van der Waals surface area contributed by atoms with Crippen molar-refractivity contribution in [3.05, 3.63) is 53.3 Å². The molecule has 0 atom stereocenters. The minimum Gasteiger partial charge on any atom is -0.486 e. The molecule has 19 heavy (non-hydrogen) atoms. The van der Waals surface area contributed by atoms with E-state index in [9.17, 15) is 8.78 Å². The Balaban J connectivity index is 1.95. The molecular formula is C13H10ClF2NOS. The smallest absolute Gasteiger partial charge is 0.288 e. The van der Waals surface area contributed by atoms with Crippen LogP contribution in [0.5, 0.6) is 5.75 Å². The number of nitrogens with zero attached hydrogens (tertiary/aromatic N) is 1. The van der Waals surface area contributed by atoms with Crippen molar-refractivity contribution in [2.75, 3.05) is 0 Å².